The number of nitrogens with one attached hydrogen (secondary N) is 1. The molecule has 0 spiro atoms. The standard InChI is InChI=1S/C7H15N3O2S/c1-12-6(11)5(8)3-2-4-10-7(9)13/h5H,2-4,8H2,1H3,(H3,9,10,13)/t5-/m0/s1. The van der Waals surface area contributed by atoms with Gasteiger partial charge >= 0.3 is 5.97 Å². The Bertz CT molecular complexity index is 187. The van der Waals surface area contributed by atoms with Gasteiger partial charge in [0.05, 0.1) is 7.11 Å². The van der Waals surface area contributed by atoms with Gasteiger partial charge in [-0.1, -0.05) is 0 Å². The third kappa shape index (κ3) is 6.30. The number of carbonyl (C=O) groups excluding carboxylic acids is 1. The van der Waals surface area contributed by atoms with Crippen LogP contribution in [0.5, 0.6) is 0 Å². The molecule has 13 heavy (non-hydrogen) atoms. The van der Waals surface area contributed by atoms with E-state index < -0.39 is 12.0 Å². The second-order valence-corrected chi connectivity index (χ2v) is 3.00. The van der Waals surface area contributed by atoms with Gasteiger partial charge in [-0.25, -0.2) is 0 Å². The SMILES string of the molecule is COC(=O)[C@@H](N)CCCNC(N)=S. The van der Waals surface area contributed by atoms with Gasteiger partial charge in [0.1, 0.15) is 6.04 Å². The molecule has 76 valence electrons. The molecular weight excluding hydrogens is 190 g/mol. The molecule has 0 amide bonds. The predicted octanol–water partition coefficient (Wildman–Crippen LogP) is -0.900. The molecule has 0 saturated heterocycles. The number of carbonyl (C=O) groups is 1. The summed E-state index contributed by atoms with van der Waals surface area (Å²) in [5, 5.41) is 3.02. The molecule has 0 aliphatic rings. The fourth-order valence-electron chi connectivity index (χ4n) is 0.803. The highest BCUT2D eigenvalue weighted by Crippen LogP contribution is 1.94. The molecule has 1 atom stereocenters. The third-order valence-corrected chi connectivity index (χ3v) is 1.64. The summed E-state index contributed by atoms with van der Waals surface area (Å²) >= 11 is 4.59. The minimum atomic E-state index is -0.557. The smallest absolute Gasteiger partial charge is 0.322 e. The van der Waals surface area contributed by atoms with E-state index in [2.05, 4.69) is 22.3 Å². The van der Waals surface area contributed by atoms with Crippen molar-refractivity contribution in [1.29, 1.82) is 0 Å². The van der Waals surface area contributed by atoms with Crippen LogP contribution in [0.25, 0.3) is 0 Å². The molecule has 0 rings (SSSR count). The Morgan fingerprint density at radius 1 is 1.69 bits per heavy atom. The maximum Gasteiger partial charge on any atom is 0.322 e. The van der Waals surface area contributed by atoms with Crippen molar-refractivity contribution in [3.63, 3.8) is 0 Å². The number of rotatable bonds is 5. The summed E-state index contributed by atoms with van der Waals surface area (Å²) in [6.45, 7) is 0.625. The number of nitrogens with two attached hydrogens (primary N) is 2. The molecule has 0 aromatic heterocycles. The molecule has 0 aliphatic carbocycles. The van der Waals surface area contributed by atoms with Crippen LogP contribution in [-0.2, 0) is 9.53 Å². The van der Waals surface area contributed by atoms with Gasteiger partial charge in [-0.3, -0.25) is 4.79 Å². The molecule has 0 aromatic rings. The maximum atomic E-state index is 10.8. The second-order valence-electron chi connectivity index (χ2n) is 2.56. The predicted molar refractivity (Wildman–Crippen MR) is 54.0 cm³/mol. The number of hydrogen-bond acceptors (Lipinski definition) is 4. The molecule has 0 unspecified atom stereocenters. The molecule has 0 radical (unpaired) electrons. The summed E-state index contributed by atoms with van der Waals surface area (Å²) in [5.41, 5.74) is 10.7. The lowest BCUT2D eigenvalue weighted by atomic mass is 10.2. The van der Waals surface area contributed by atoms with Crippen molar-refractivity contribution in [3.05, 3.63) is 0 Å². The van der Waals surface area contributed by atoms with Gasteiger partial charge < -0.3 is 21.5 Å². The summed E-state index contributed by atoms with van der Waals surface area (Å²) in [7, 11) is 1.31. The van der Waals surface area contributed by atoms with Gasteiger partial charge in [0.2, 0.25) is 0 Å². The summed E-state index contributed by atoms with van der Waals surface area (Å²) < 4.78 is 4.46. The first-order valence-corrected chi connectivity index (χ1v) is 4.35. The minimum absolute atomic E-state index is 0.256. The molecule has 0 aliphatic heterocycles. The summed E-state index contributed by atoms with van der Waals surface area (Å²) in [4.78, 5) is 10.8. The Kier molecular flexibility index (Phi) is 6.17. The van der Waals surface area contributed by atoms with Crippen LogP contribution in [-0.4, -0.2) is 30.8 Å². The van der Waals surface area contributed by atoms with Crippen molar-refractivity contribution >= 4 is 23.3 Å². The third-order valence-electron chi connectivity index (χ3n) is 1.50. The Hall–Kier alpha value is -0.880. The average molecular weight is 205 g/mol. The van der Waals surface area contributed by atoms with Crippen LogP contribution in [0.1, 0.15) is 12.8 Å². The van der Waals surface area contributed by atoms with E-state index in [4.69, 9.17) is 11.5 Å². The first-order chi connectivity index (χ1) is 6.07. The van der Waals surface area contributed by atoms with Crippen LogP contribution >= 0.6 is 12.2 Å². The maximum absolute atomic E-state index is 10.8. The van der Waals surface area contributed by atoms with Crippen LogP contribution < -0.4 is 16.8 Å². The Balaban J connectivity index is 3.42. The zero-order valence-electron chi connectivity index (χ0n) is 7.58. The van der Waals surface area contributed by atoms with Crippen LogP contribution in [0.3, 0.4) is 0 Å². The van der Waals surface area contributed by atoms with E-state index >= 15 is 0 Å². The molecule has 0 heterocycles. The van der Waals surface area contributed by atoms with Gasteiger partial charge in [-0.15, -0.1) is 0 Å². The Morgan fingerprint density at radius 3 is 2.77 bits per heavy atom. The van der Waals surface area contributed by atoms with Crippen molar-refractivity contribution in [3.8, 4) is 0 Å². The first kappa shape index (κ1) is 12.1. The molecule has 5 nitrogen and oxygen atoms in total. The second kappa shape index (κ2) is 6.62. The van der Waals surface area contributed by atoms with Crippen LogP contribution in [0.15, 0.2) is 0 Å². The van der Waals surface area contributed by atoms with E-state index in [1.165, 1.54) is 7.11 Å². The first-order valence-electron chi connectivity index (χ1n) is 3.94. The van der Waals surface area contributed by atoms with Gasteiger partial charge in [-0.05, 0) is 25.1 Å². The van der Waals surface area contributed by atoms with E-state index in [-0.39, 0.29) is 5.11 Å². The van der Waals surface area contributed by atoms with Crippen molar-refractivity contribution in [2.75, 3.05) is 13.7 Å². The molecule has 0 saturated carbocycles. The Morgan fingerprint density at radius 2 is 2.31 bits per heavy atom. The number of hydrogen-bond donors (Lipinski definition) is 3. The highest BCUT2D eigenvalue weighted by molar-refractivity contribution is 7.80. The van der Waals surface area contributed by atoms with Crippen LogP contribution in [0.2, 0.25) is 0 Å². The number of thiocarbonyl (C=S) groups is 1. The summed E-state index contributed by atoms with van der Waals surface area (Å²) in [5.74, 6) is -0.393. The largest absolute Gasteiger partial charge is 0.468 e. The fourth-order valence-corrected chi connectivity index (χ4v) is 0.905. The van der Waals surface area contributed by atoms with Gasteiger partial charge in [-0.2, -0.15) is 0 Å². The van der Waals surface area contributed by atoms with Gasteiger partial charge in [0.25, 0.3) is 0 Å². The highest BCUT2D eigenvalue weighted by Gasteiger charge is 2.12. The van der Waals surface area contributed by atoms with E-state index in [1.807, 2.05) is 0 Å². The van der Waals surface area contributed by atoms with Crippen molar-refractivity contribution < 1.29 is 9.53 Å². The molecule has 5 N–H and O–H groups in total. The highest BCUT2D eigenvalue weighted by atomic mass is 32.1. The van der Waals surface area contributed by atoms with Crippen molar-refractivity contribution in [2.24, 2.45) is 11.5 Å². The molecule has 6 heteroatoms. The fraction of sp³-hybridized carbons (Fsp3) is 0.714. The van der Waals surface area contributed by atoms with Crippen molar-refractivity contribution in [1.82, 2.24) is 5.32 Å². The minimum Gasteiger partial charge on any atom is -0.468 e. The lowest BCUT2D eigenvalue weighted by Crippen LogP contribution is -2.34. The van der Waals surface area contributed by atoms with E-state index in [9.17, 15) is 4.79 Å². The number of esters is 1. The van der Waals surface area contributed by atoms with Crippen molar-refractivity contribution in [2.45, 2.75) is 18.9 Å². The zero-order valence-corrected chi connectivity index (χ0v) is 8.39. The number of methoxy groups -OCH3 is 1. The van der Waals surface area contributed by atoms with Crippen LogP contribution in [0, 0.1) is 0 Å². The van der Waals surface area contributed by atoms with Gasteiger partial charge in [0, 0.05) is 6.54 Å². The lowest BCUT2D eigenvalue weighted by molar-refractivity contribution is -0.142. The van der Waals surface area contributed by atoms with E-state index in [0.29, 0.717) is 13.0 Å². The Labute approximate surface area is 82.8 Å². The zero-order chi connectivity index (χ0) is 10.3. The lowest BCUT2D eigenvalue weighted by Gasteiger charge is -2.08. The summed E-state index contributed by atoms with van der Waals surface area (Å²) in [6, 6.07) is -0.557. The molecule has 0 aromatic carbocycles. The van der Waals surface area contributed by atoms with E-state index in [1.54, 1.807) is 0 Å². The van der Waals surface area contributed by atoms with Gasteiger partial charge in [0.15, 0.2) is 5.11 Å². The van der Waals surface area contributed by atoms with Crippen LogP contribution in [0.4, 0.5) is 0 Å². The molecular formula is C7H15N3O2S. The molecule has 0 bridgehead atoms. The normalized spacial score (nSPS) is 11.8. The van der Waals surface area contributed by atoms with E-state index in [0.717, 1.165) is 6.42 Å². The topological polar surface area (TPSA) is 90.4 Å². The number of ether oxygens (including phenoxy) is 1. The quantitative estimate of drug-likeness (QED) is 0.306. The summed E-state index contributed by atoms with van der Waals surface area (Å²) in [6.07, 6.45) is 1.29. The molecule has 0 fully saturated rings. The monoisotopic (exact) mass is 205 g/mol. The average Bonchev–Trinajstić information content (AvgIpc) is 2.10.